The zero-order valence-electron chi connectivity index (χ0n) is 14.4. The number of halogens is 1. The van der Waals surface area contributed by atoms with E-state index in [1.165, 1.54) is 24.4 Å². The maximum absolute atomic E-state index is 13.9. The summed E-state index contributed by atoms with van der Waals surface area (Å²) in [5.41, 5.74) is 0.465. The van der Waals surface area contributed by atoms with Gasteiger partial charge in [-0.1, -0.05) is 12.1 Å². The first-order chi connectivity index (χ1) is 13.9. The van der Waals surface area contributed by atoms with Crippen molar-refractivity contribution in [3.63, 3.8) is 0 Å². The summed E-state index contributed by atoms with van der Waals surface area (Å²) >= 11 is 1.12. The number of nitro benzene ring substituents is 2. The third-order valence-corrected chi connectivity index (χ3v) is 4.62. The molecule has 2 aromatic carbocycles. The number of hydrogen-bond acceptors (Lipinski definition) is 8. The lowest BCUT2D eigenvalue weighted by Crippen LogP contribution is -1.96. The van der Waals surface area contributed by atoms with E-state index >= 15 is 0 Å². The van der Waals surface area contributed by atoms with E-state index in [9.17, 15) is 29.9 Å². The average Bonchev–Trinajstić information content (AvgIpc) is 3.19. The number of non-ortho nitro benzene ring substituents is 2. The molecular weight excluding hydrogens is 401 g/mol. The van der Waals surface area contributed by atoms with Crippen LogP contribution in [0.25, 0.3) is 16.8 Å². The van der Waals surface area contributed by atoms with Crippen LogP contribution in [0.2, 0.25) is 0 Å². The second-order valence-corrected chi connectivity index (χ2v) is 6.44. The number of nitro groups is 2. The zero-order chi connectivity index (χ0) is 21.0. The third kappa shape index (κ3) is 4.40. The van der Waals surface area contributed by atoms with Crippen molar-refractivity contribution in [3.8, 4) is 17.3 Å². The lowest BCUT2D eigenvalue weighted by molar-refractivity contribution is -0.385. The number of anilines is 1. The first kappa shape index (κ1) is 19.6. The molecule has 0 saturated carbocycles. The minimum atomic E-state index is -0.722. The maximum Gasteiger partial charge on any atom is 0.271 e. The molecule has 0 fully saturated rings. The summed E-state index contributed by atoms with van der Waals surface area (Å²) in [5, 5.41) is 35.6. The zero-order valence-corrected chi connectivity index (χ0v) is 15.2. The predicted octanol–water partition coefficient (Wildman–Crippen LogP) is 4.74. The van der Waals surface area contributed by atoms with Gasteiger partial charge in [-0.3, -0.25) is 20.2 Å². The number of hydrogen-bond donors (Lipinski definition) is 1. The van der Waals surface area contributed by atoms with Crippen LogP contribution in [0.15, 0.2) is 54.0 Å². The Hall–Kier alpha value is -4.17. The number of rotatable bonds is 6. The Labute approximate surface area is 166 Å². The van der Waals surface area contributed by atoms with Crippen molar-refractivity contribution in [1.82, 2.24) is 4.98 Å². The second-order valence-electron chi connectivity index (χ2n) is 5.58. The molecule has 0 aliphatic rings. The molecule has 0 atom stereocenters. The number of aromatic nitrogens is 1. The molecule has 3 rings (SSSR count). The maximum atomic E-state index is 13.9. The Bertz CT molecular complexity index is 1180. The van der Waals surface area contributed by atoms with Crippen LogP contribution in [0.5, 0.6) is 0 Å². The highest BCUT2D eigenvalue weighted by molar-refractivity contribution is 7.11. The highest BCUT2D eigenvalue weighted by atomic mass is 32.1. The van der Waals surface area contributed by atoms with E-state index in [-0.39, 0.29) is 22.6 Å². The topological polar surface area (TPSA) is 135 Å². The van der Waals surface area contributed by atoms with Gasteiger partial charge in [0, 0.05) is 41.4 Å². The van der Waals surface area contributed by atoms with E-state index in [1.807, 2.05) is 6.07 Å². The van der Waals surface area contributed by atoms with Crippen molar-refractivity contribution in [3.05, 3.63) is 85.1 Å². The van der Waals surface area contributed by atoms with Crippen LogP contribution >= 0.6 is 11.3 Å². The second kappa shape index (κ2) is 8.24. The number of thiazole rings is 1. The van der Waals surface area contributed by atoms with Gasteiger partial charge in [0.25, 0.3) is 11.4 Å². The molecule has 0 unspecified atom stereocenters. The SMILES string of the molecule is N#C/C(=C/Nc1cc([N+](=O)[O-])ccc1F)c1nc(-c2cccc([N+](=O)[O-])c2)cs1. The van der Waals surface area contributed by atoms with Crippen molar-refractivity contribution in [2.75, 3.05) is 5.32 Å². The van der Waals surface area contributed by atoms with E-state index in [4.69, 9.17) is 0 Å². The van der Waals surface area contributed by atoms with Gasteiger partial charge in [0.05, 0.1) is 21.2 Å². The lowest BCUT2D eigenvalue weighted by Gasteiger charge is -2.03. The highest BCUT2D eigenvalue weighted by Gasteiger charge is 2.13. The number of benzene rings is 2. The number of allylic oxidation sites excluding steroid dienone is 1. The van der Waals surface area contributed by atoms with Crippen LogP contribution in [0.4, 0.5) is 21.5 Å². The molecule has 11 heteroatoms. The summed E-state index contributed by atoms with van der Waals surface area (Å²) in [4.78, 5) is 24.8. The largest absolute Gasteiger partial charge is 0.358 e. The van der Waals surface area contributed by atoms with Gasteiger partial charge in [0.1, 0.15) is 22.5 Å². The van der Waals surface area contributed by atoms with Crippen LogP contribution < -0.4 is 5.32 Å². The molecule has 0 aliphatic carbocycles. The molecule has 9 nitrogen and oxygen atoms in total. The Kier molecular flexibility index (Phi) is 5.56. The molecular formula is C18H10FN5O4S. The molecule has 0 radical (unpaired) electrons. The Balaban J connectivity index is 1.88. The minimum absolute atomic E-state index is 0.0672. The fourth-order valence-corrected chi connectivity index (χ4v) is 3.13. The van der Waals surface area contributed by atoms with E-state index in [1.54, 1.807) is 11.4 Å². The van der Waals surface area contributed by atoms with Gasteiger partial charge in [-0.25, -0.2) is 9.37 Å². The van der Waals surface area contributed by atoms with Crippen molar-refractivity contribution in [2.24, 2.45) is 0 Å². The Morgan fingerprint density at radius 3 is 2.59 bits per heavy atom. The van der Waals surface area contributed by atoms with Gasteiger partial charge >= 0.3 is 0 Å². The smallest absolute Gasteiger partial charge is 0.271 e. The highest BCUT2D eigenvalue weighted by Crippen LogP contribution is 2.28. The summed E-state index contributed by atoms with van der Waals surface area (Å²) in [5.74, 6) is -0.722. The van der Waals surface area contributed by atoms with Crippen LogP contribution in [0.1, 0.15) is 5.01 Å². The first-order valence-electron chi connectivity index (χ1n) is 7.90. The van der Waals surface area contributed by atoms with Gasteiger partial charge in [0.2, 0.25) is 0 Å². The fourth-order valence-electron chi connectivity index (χ4n) is 2.34. The third-order valence-electron chi connectivity index (χ3n) is 3.74. The quantitative estimate of drug-likeness (QED) is 0.351. The molecule has 0 spiro atoms. The van der Waals surface area contributed by atoms with Gasteiger partial charge in [-0.15, -0.1) is 11.3 Å². The summed E-state index contributed by atoms with van der Waals surface area (Å²) in [6.45, 7) is 0. The Morgan fingerprint density at radius 2 is 1.90 bits per heavy atom. The van der Waals surface area contributed by atoms with E-state index in [0.717, 1.165) is 29.5 Å². The summed E-state index contributed by atoms with van der Waals surface area (Å²) in [7, 11) is 0. The number of nitrogens with zero attached hydrogens (tertiary/aromatic N) is 4. The Morgan fingerprint density at radius 1 is 1.17 bits per heavy atom. The minimum Gasteiger partial charge on any atom is -0.358 e. The van der Waals surface area contributed by atoms with Gasteiger partial charge in [0.15, 0.2) is 0 Å². The molecule has 144 valence electrons. The molecule has 1 heterocycles. The van der Waals surface area contributed by atoms with Gasteiger partial charge < -0.3 is 5.32 Å². The van der Waals surface area contributed by atoms with E-state index < -0.39 is 15.7 Å². The van der Waals surface area contributed by atoms with Crippen LogP contribution in [0, 0.1) is 37.4 Å². The summed E-state index contributed by atoms with van der Waals surface area (Å²) in [6.07, 6.45) is 1.19. The van der Waals surface area contributed by atoms with E-state index in [0.29, 0.717) is 16.3 Å². The summed E-state index contributed by atoms with van der Waals surface area (Å²) < 4.78 is 13.9. The molecule has 0 bridgehead atoms. The average molecular weight is 411 g/mol. The van der Waals surface area contributed by atoms with Gasteiger partial charge in [-0.2, -0.15) is 5.26 Å². The summed E-state index contributed by atoms with van der Waals surface area (Å²) in [6, 6.07) is 10.8. The van der Waals surface area contributed by atoms with Crippen molar-refractivity contribution >= 4 is 34.0 Å². The van der Waals surface area contributed by atoms with E-state index in [2.05, 4.69) is 10.3 Å². The predicted molar refractivity (Wildman–Crippen MR) is 104 cm³/mol. The van der Waals surface area contributed by atoms with Crippen LogP contribution in [0.3, 0.4) is 0 Å². The van der Waals surface area contributed by atoms with Gasteiger partial charge in [-0.05, 0) is 6.07 Å². The standard InChI is InChI=1S/C18H10FN5O4S/c19-15-5-4-14(24(27)28)7-16(15)21-9-12(8-20)18-22-17(10-29-18)11-2-1-3-13(6-11)23(25)26/h1-7,9-10,21H/b12-9-. The van der Waals surface area contributed by atoms with Crippen molar-refractivity contribution in [1.29, 1.82) is 5.26 Å². The number of nitriles is 1. The fraction of sp³-hybridized carbons (Fsp3) is 0. The normalized spacial score (nSPS) is 11.0. The molecule has 0 saturated heterocycles. The molecule has 1 aromatic heterocycles. The van der Waals surface area contributed by atoms with Crippen LogP contribution in [-0.4, -0.2) is 14.8 Å². The monoisotopic (exact) mass is 411 g/mol. The van der Waals surface area contributed by atoms with Crippen molar-refractivity contribution < 1.29 is 14.2 Å². The van der Waals surface area contributed by atoms with Crippen molar-refractivity contribution in [2.45, 2.75) is 0 Å². The number of nitrogens with one attached hydrogen (secondary N) is 1. The molecule has 3 aromatic rings. The first-order valence-corrected chi connectivity index (χ1v) is 8.78. The molecule has 1 N–H and O–H groups in total. The molecule has 29 heavy (non-hydrogen) atoms. The molecule has 0 amide bonds. The van der Waals surface area contributed by atoms with Crippen LogP contribution in [-0.2, 0) is 0 Å². The molecule has 0 aliphatic heterocycles. The lowest BCUT2D eigenvalue weighted by atomic mass is 10.1.